The molecule has 2 rings (SSSR count). The van der Waals surface area contributed by atoms with Crippen molar-refractivity contribution in [3.8, 4) is 11.5 Å². The molecule has 19 heavy (non-hydrogen) atoms. The molecule has 1 N–H and O–H groups in total. The normalized spacial score (nSPS) is 10.6. The molecule has 0 aliphatic heterocycles. The molecular formula is C16H17ClO2. The summed E-state index contributed by atoms with van der Waals surface area (Å²) in [5.74, 6) is 1.45. The van der Waals surface area contributed by atoms with E-state index in [2.05, 4.69) is 13.0 Å². The van der Waals surface area contributed by atoms with Crippen LogP contribution in [0.25, 0.3) is 0 Å². The second kappa shape index (κ2) is 5.64. The molecule has 0 amide bonds. The van der Waals surface area contributed by atoms with Gasteiger partial charge in [0.1, 0.15) is 11.5 Å². The summed E-state index contributed by atoms with van der Waals surface area (Å²) in [5, 5.41) is 9.57. The van der Waals surface area contributed by atoms with Crippen molar-refractivity contribution >= 4 is 11.6 Å². The van der Waals surface area contributed by atoms with Gasteiger partial charge in [-0.2, -0.15) is 0 Å². The molecule has 0 spiro atoms. The van der Waals surface area contributed by atoms with E-state index in [1.165, 1.54) is 5.56 Å². The number of ether oxygens (including phenoxy) is 1. The van der Waals surface area contributed by atoms with Gasteiger partial charge in [-0.1, -0.05) is 29.8 Å². The van der Waals surface area contributed by atoms with E-state index in [9.17, 15) is 0 Å². The van der Waals surface area contributed by atoms with Gasteiger partial charge in [-0.25, -0.2) is 0 Å². The highest BCUT2D eigenvalue weighted by Crippen LogP contribution is 2.34. The molecular weight excluding hydrogens is 260 g/mol. The van der Waals surface area contributed by atoms with E-state index in [0.717, 1.165) is 22.4 Å². The molecule has 0 radical (unpaired) electrons. The first-order valence-corrected chi connectivity index (χ1v) is 6.54. The van der Waals surface area contributed by atoms with Crippen LogP contribution in [0.2, 0.25) is 5.02 Å². The SMILES string of the molecule is Cc1ccc(C)c(Oc2ccc(CO)cc2Cl)c1C. The highest BCUT2D eigenvalue weighted by molar-refractivity contribution is 6.32. The summed E-state index contributed by atoms with van der Waals surface area (Å²) in [7, 11) is 0. The number of hydrogen-bond donors (Lipinski definition) is 1. The van der Waals surface area contributed by atoms with Gasteiger partial charge in [-0.05, 0) is 55.2 Å². The Morgan fingerprint density at radius 1 is 1.05 bits per heavy atom. The van der Waals surface area contributed by atoms with Gasteiger partial charge in [0.15, 0.2) is 0 Å². The number of aliphatic hydroxyl groups excluding tert-OH is 1. The molecule has 0 fully saturated rings. The Labute approximate surface area is 118 Å². The first kappa shape index (κ1) is 13.9. The van der Waals surface area contributed by atoms with Crippen LogP contribution in [0.3, 0.4) is 0 Å². The molecule has 3 heteroatoms. The lowest BCUT2D eigenvalue weighted by Gasteiger charge is -2.15. The van der Waals surface area contributed by atoms with Gasteiger partial charge in [-0.3, -0.25) is 0 Å². The third-order valence-corrected chi connectivity index (χ3v) is 3.56. The first-order valence-electron chi connectivity index (χ1n) is 6.17. The number of halogens is 1. The van der Waals surface area contributed by atoms with Crippen molar-refractivity contribution < 1.29 is 9.84 Å². The van der Waals surface area contributed by atoms with Crippen molar-refractivity contribution in [3.05, 3.63) is 57.6 Å². The first-order chi connectivity index (χ1) is 9.02. The Bertz CT molecular complexity index is 606. The molecule has 0 unspecified atom stereocenters. The molecule has 0 atom stereocenters. The van der Waals surface area contributed by atoms with Gasteiger partial charge in [0.05, 0.1) is 11.6 Å². The van der Waals surface area contributed by atoms with Crippen molar-refractivity contribution in [1.82, 2.24) is 0 Å². The highest BCUT2D eigenvalue weighted by Gasteiger charge is 2.10. The van der Waals surface area contributed by atoms with Crippen LogP contribution in [0.15, 0.2) is 30.3 Å². The molecule has 0 aliphatic carbocycles. The second-order valence-electron chi connectivity index (χ2n) is 4.68. The summed E-state index contributed by atoms with van der Waals surface area (Å²) >= 11 is 6.17. The summed E-state index contributed by atoms with van der Waals surface area (Å²) in [6.07, 6.45) is 0. The number of benzene rings is 2. The lowest BCUT2D eigenvalue weighted by atomic mass is 10.1. The maximum Gasteiger partial charge on any atom is 0.146 e. The molecule has 2 nitrogen and oxygen atoms in total. The Kier molecular flexibility index (Phi) is 4.13. The molecule has 2 aromatic carbocycles. The average Bonchev–Trinajstić information content (AvgIpc) is 2.40. The van der Waals surface area contributed by atoms with Crippen LogP contribution in [-0.4, -0.2) is 5.11 Å². The maximum atomic E-state index is 9.07. The summed E-state index contributed by atoms with van der Waals surface area (Å²) in [6.45, 7) is 6.08. The number of rotatable bonds is 3. The van der Waals surface area contributed by atoms with E-state index in [4.69, 9.17) is 21.4 Å². The third-order valence-electron chi connectivity index (χ3n) is 3.26. The highest BCUT2D eigenvalue weighted by atomic mass is 35.5. The molecule has 0 aromatic heterocycles. The van der Waals surface area contributed by atoms with Crippen LogP contribution >= 0.6 is 11.6 Å². The Morgan fingerprint density at radius 3 is 2.37 bits per heavy atom. The maximum absolute atomic E-state index is 9.07. The zero-order valence-electron chi connectivity index (χ0n) is 11.3. The van der Waals surface area contributed by atoms with Crippen molar-refractivity contribution in [2.45, 2.75) is 27.4 Å². The number of aliphatic hydroxyl groups is 1. The monoisotopic (exact) mass is 276 g/mol. The molecule has 2 aromatic rings. The number of hydrogen-bond acceptors (Lipinski definition) is 2. The molecule has 0 saturated carbocycles. The molecule has 0 heterocycles. The van der Waals surface area contributed by atoms with Gasteiger partial charge < -0.3 is 9.84 Å². The van der Waals surface area contributed by atoms with Gasteiger partial charge in [0, 0.05) is 0 Å². The van der Waals surface area contributed by atoms with Crippen molar-refractivity contribution in [1.29, 1.82) is 0 Å². The van der Waals surface area contributed by atoms with Crippen LogP contribution in [0.1, 0.15) is 22.3 Å². The minimum atomic E-state index is -0.0253. The molecule has 0 saturated heterocycles. The van der Waals surface area contributed by atoms with Gasteiger partial charge in [-0.15, -0.1) is 0 Å². The minimum Gasteiger partial charge on any atom is -0.455 e. The summed E-state index contributed by atoms with van der Waals surface area (Å²) in [4.78, 5) is 0. The van der Waals surface area contributed by atoms with Gasteiger partial charge >= 0.3 is 0 Å². The molecule has 0 bridgehead atoms. The summed E-state index contributed by atoms with van der Waals surface area (Å²) < 4.78 is 5.94. The third kappa shape index (κ3) is 2.91. The molecule has 100 valence electrons. The lowest BCUT2D eigenvalue weighted by molar-refractivity contribution is 0.281. The van der Waals surface area contributed by atoms with Crippen LogP contribution in [0.4, 0.5) is 0 Å². The van der Waals surface area contributed by atoms with E-state index in [1.54, 1.807) is 12.1 Å². The van der Waals surface area contributed by atoms with Crippen molar-refractivity contribution in [3.63, 3.8) is 0 Å². The number of aryl methyl sites for hydroxylation is 2. The Morgan fingerprint density at radius 2 is 1.74 bits per heavy atom. The minimum absolute atomic E-state index is 0.0253. The van der Waals surface area contributed by atoms with E-state index in [1.807, 2.05) is 26.0 Å². The van der Waals surface area contributed by atoms with Crippen LogP contribution in [-0.2, 0) is 6.61 Å². The predicted octanol–water partition coefficient (Wildman–Crippen LogP) is 4.55. The fourth-order valence-corrected chi connectivity index (χ4v) is 2.16. The van der Waals surface area contributed by atoms with Crippen molar-refractivity contribution in [2.75, 3.05) is 0 Å². The van der Waals surface area contributed by atoms with E-state index in [0.29, 0.717) is 10.8 Å². The largest absolute Gasteiger partial charge is 0.455 e. The predicted molar refractivity (Wildman–Crippen MR) is 78.1 cm³/mol. The van der Waals surface area contributed by atoms with Gasteiger partial charge in [0.2, 0.25) is 0 Å². The van der Waals surface area contributed by atoms with Crippen LogP contribution in [0.5, 0.6) is 11.5 Å². The van der Waals surface area contributed by atoms with Gasteiger partial charge in [0.25, 0.3) is 0 Å². The fraction of sp³-hybridized carbons (Fsp3) is 0.250. The van der Waals surface area contributed by atoms with E-state index in [-0.39, 0.29) is 6.61 Å². The Balaban J connectivity index is 2.39. The zero-order chi connectivity index (χ0) is 14.0. The smallest absolute Gasteiger partial charge is 0.146 e. The Hall–Kier alpha value is -1.51. The van der Waals surface area contributed by atoms with Crippen LogP contribution in [0, 0.1) is 20.8 Å². The van der Waals surface area contributed by atoms with Crippen molar-refractivity contribution in [2.24, 2.45) is 0 Å². The average molecular weight is 277 g/mol. The van der Waals surface area contributed by atoms with Crippen LogP contribution < -0.4 is 4.74 Å². The zero-order valence-corrected chi connectivity index (χ0v) is 12.1. The second-order valence-corrected chi connectivity index (χ2v) is 5.09. The summed E-state index contributed by atoms with van der Waals surface area (Å²) in [5.41, 5.74) is 4.14. The summed E-state index contributed by atoms with van der Waals surface area (Å²) in [6, 6.07) is 9.43. The molecule has 0 aliphatic rings. The topological polar surface area (TPSA) is 29.5 Å². The fourth-order valence-electron chi connectivity index (χ4n) is 1.92. The lowest BCUT2D eigenvalue weighted by Crippen LogP contribution is -1.94. The van der Waals surface area contributed by atoms with E-state index >= 15 is 0 Å². The quantitative estimate of drug-likeness (QED) is 0.891. The van der Waals surface area contributed by atoms with E-state index < -0.39 is 0 Å². The standard InChI is InChI=1S/C16H17ClO2/c1-10-4-5-11(2)16(12(10)3)19-15-7-6-13(9-18)8-14(15)17/h4-8,18H,9H2,1-3H3.